The maximum Gasteiger partial charge on any atom is 0.257 e. The van der Waals surface area contributed by atoms with E-state index in [9.17, 15) is 14.4 Å². The van der Waals surface area contributed by atoms with Crippen molar-refractivity contribution in [1.82, 2.24) is 10.2 Å². The number of nitrogen functional groups attached to an aromatic ring is 1. The molecular weight excluding hydrogens is 346 g/mol. The predicted octanol–water partition coefficient (Wildman–Crippen LogP) is 0.591. The number of imide groups is 1. The molecule has 8 nitrogen and oxygen atoms in total. The van der Waals surface area contributed by atoms with Gasteiger partial charge in [-0.25, -0.2) is 0 Å². The van der Waals surface area contributed by atoms with Crippen molar-refractivity contribution >= 4 is 23.6 Å². The van der Waals surface area contributed by atoms with E-state index in [1.54, 1.807) is 0 Å². The van der Waals surface area contributed by atoms with Gasteiger partial charge in [0.25, 0.3) is 5.91 Å². The Kier molecular flexibility index (Phi) is 6.68. The molecule has 1 fully saturated rings. The highest BCUT2D eigenvalue weighted by Gasteiger charge is 2.37. The van der Waals surface area contributed by atoms with Crippen LogP contribution >= 0.6 is 0 Å². The quantitative estimate of drug-likeness (QED) is 0.328. The lowest BCUT2D eigenvalue weighted by Crippen LogP contribution is -2.53. The number of carbonyl (C=O) groups excluding carboxylic acids is 3. The van der Waals surface area contributed by atoms with Crippen molar-refractivity contribution in [3.63, 3.8) is 0 Å². The third-order valence-electron chi connectivity index (χ3n) is 5.08. The second-order valence-electron chi connectivity index (χ2n) is 6.91. The minimum atomic E-state index is -0.687. The summed E-state index contributed by atoms with van der Waals surface area (Å²) in [6.07, 6.45) is 1.96. The number of nitrogens with zero attached hydrogens (tertiary/aromatic N) is 1. The second kappa shape index (κ2) is 8.77. The van der Waals surface area contributed by atoms with E-state index < -0.39 is 23.9 Å². The lowest BCUT2D eigenvalue weighted by atomic mass is 9.98. The smallest absolute Gasteiger partial charge is 0.257 e. The van der Waals surface area contributed by atoms with Crippen LogP contribution in [0.3, 0.4) is 0 Å². The maximum atomic E-state index is 12.6. The highest BCUT2D eigenvalue weighted by atomic mass is 16.2. The molecule has 0 aliphatic carbocycles. The van der Waals surface area contributed by atoms with Gasteiger partial charge in [-0.3, -0.25) is 25.1 Å². The lowest BCUT2D eigenvalue weighted by molar-refractivity contribution is -0.139. The molecule has 27 heavy (non-hydrogen) atoms. The standard InChI is InChI=1S/C19H27N5O3/c1-3-11(2)15(20)19(27)24-10-4-5-14(24)18(26)23-17(25)13-8-6-12(7-9-13)16(21)22/h6-9,11,14-15H,3-5,10,20H2,1-2H3,(H3,21,22)(H,23,25,26)/t11-,14-,15-/m0/s1. The van der Waals surface area contributed by atoms with Crippen LogP contribution in [-0.4, -0.2) is 47.1 Å². The van der Waals surface area contributed by atoms with Crippen LogP contribution in [0.2, 0.25) is 0 Å². The van der Waals surface area contributed by atoms with Crippen LogP contribution in [0.15, 0.2) is 24.3 Å². The van der Waals surface area contributed by atoms with E-state index in [1.807, 2.05) is 13.8 Å². The largest absolute Gasteiger partial charge is 0.384 e. The monoisotopic (exact) mass is 373 g/mol. The lowest BCUT2D eigenvalue weighted by Gasteiger charge is -2.28. The molecule has 0 bridgehead atoms. The van der Waals surface area contributed by atoms with E-state index in [4.69, 9.17) is 16.9 Å². The third kappa shape index (κ3) is 4.71. The van der Waals surface area contributed by atoms with Crippen molar-refractivity contribution in [3.8, 4) is 0 Å². The van der Waals surface area contributed by atoms with E-state index in [2.05, 4.69) is 5.32 Å². The first-order valence-electron chi connectivity index (χ1n) is 9.12. The molecule has 1 aliphatic heterocycles. The summed E-state index contributed by atoms with van der Waals surface area (Å²) in [4.78, 5) is 39.0. The zero-order valence-electron chi connectivity index (χ0n) is 15.7. The zero-order valence-corrected chi connectivity index (χ0v) is 15.7. The Morgan fingerprint density at radius 2 is 1.85 bits per heavy atom. The predicted molar refractivity (Wildman–Crippen MR) is 102 cm³/mol. The topological polar surface area (TPSA) is 142 Å². The number of carbonyl (C=O) groups is 3. The summed E-state index contributed by atoms with van der Waals surface area (Å²) in [6, 6.07) is 4.73. The molecule has 8 heteroatoms. The van der Waals surface area contributed by atoms with Crippen LogP contribution in [0.4, 0.5) is 0 Å². The Morgan fingerprint density at radius 3 is 2.41 bits per heavy atom. The molecule has 0 aromatic heterocycles. The van der Waals surface area contributed by atoms with Gasteiger partial charge in [0.15, 0.2) is 0 Å². The first-order chi connectivity index (χ1) is 12.8. The minimum absolute atomic E-state index is 0.0169. The van der Waals surface area contributed by atoms with Gasteiger partial charge in [-0.2, -0.15) is 0 Å². The number of benzene rings is 1. The SMILES string of the molecule is CC[C@H](C)[C@H](N)C(=O)N1CCC[C@H]1C(=O)NC(=O)c1ccc(C(=N)N)cc1. The van der Waals surface area contributed by atoms with E-state index in [0.29, 0.717) is 24.9 Å². The molecule has 0 unspecified atom stereocenters. The Labute approximate surface area is 158 Å². The first kappa shape index (κ1) is 20.6. The second-order valence-corrected chi connectivity index (χ2v) is 6.91. The van der Waals surface area contributed by atoms with E-state index >= 15 is 0 Å². The average molecular weight is 373 g/mol. The Bertz CT molecular complexity index is 731. The Balaban J connectivity index is 2.04. The van der Waals surface area contributed by atoms with Crippen molar-refractivity contribution < 1.29 is 14.4 Å². The van der Waals surface area contributed by atoms with Crippen LogP contribution in [0.5, 0.6) is 0 Å². The molecular formula is C19H27N5O3. The maximum absolute atomic E-state index is 12.6. The normalized spacial score (nSPS) is 18.6. The van der Waals surface area contributed by atoms with Gasteiger partial charge in [-0.05, 0) is 30.9 Å². The van der Waals surface area contributed by atoms with Gasteiger partial charge in [0.2, 0.25) is 11.8 Å². The van der Waals surface area contributed by atoms with Crippen LogP contribution in [0.25, 0.3) is 0 Å². The molecule has 3 amide bonds. The molecule has 1 aliphatic rings. The molecule has 6 N–H and O–H groups in total. The highest BCUT2D eigenvalue weighted by molar-refractivity contribution is 6.07. The molecule has 0 spiro atoms. The number of likely N-dealkylation sites (tertiary alicyclic amines) is 1. The van der Waals surface area contributed by atoms with Crippen LogP contribution < -0.4 is 16.8 Å². The number of nitrogens with two attached hydrogens (primary N) is 2. The number of amidine groups is 1. The summed E-state index contributed by atoms with van der Waals surface area (Å²) in [6.45, 7) is 4.33. The van der Waals surface area contributed by atoms with Crippen LogP contribution in [0.1, 0.15) is 49.0 Å². The first-order valence-corrected chi connectivity index (χ1v) is 9.12. The molecule has 3 atom stereocenters. The van der Waals surface area contributed by atoms with Gasteiger partial charge in [-0.15, -0.1) is 0 Å². The van der Waals surface area contributed by atoms with E-state index in [1.165, 1.54) is 29.2 Å². The molecule has 1 heterocycles. The molecule has 2 rings (SSSR count). The highest BCUT2D eigenvalue weighted by Crippen LogP contribution is 2.20. The average Bonchev–Trinajstić information content (AvgIpc) is 3.16. The summed E-state index contributed by atoms with van der Waals surface area (Å²) < 4.78 is 0. The van der Waals surface area contributed by atoms with Gasteiger partial charge in [0.05, 0.1) is 6.04 Å². The van der Waals surface area contributed by atoms with Crippen molar-refractivity contribution in [1.29, 1.82) is 5.41 Å². The summed E-state index contributed by atoms with van der Waals surface area (Å²) in [5.74, 6) is -1.39. The summed E-state index contributed by atoms with van der Waals surface area (Å²) in [5, 5.41) is 9.71. The number of amides is 3. The fraction of sp³-hybridized carbons (Fsp3) is 0.474. The molecule has 0 radical (unpaired) electrons. The molecule has 1 aromatic carbocycles. The van der Waals surface area contributed by atoms with Crippen molar-refractivity contribution in [2.24, 2.45) is 17.4 Å². The van der Waals surface area contributed by atoms with Crippen molar-refractivity contribution in [2.45, 2.75) is 45.2 Å². The van der Waals surface area contributed by atoms with Gasteiger partial charge in [-0.1, -0.05) is 32.4 Å². The summed E-state index contributed by atoms with van der Waals surface area (Å²) in [5.41, 5.74) is 12.2. The fourth-order valence-corrected chi connectivity index (χ4v) is 3.06. The fourth-order valence-electron chi connectivity index (χ4n) is 3.06. The number of hydrogen-bond donors (Lipinski definition) is 4. The van der Waals surface area contributed by atoms with E-state index in [-0.39, 0.29) is 23.2 Å². The number of nitrogens with one attached hydrogen (secondary N) is 2. The van der Waals surface area contributed by atoms with Crippen molar-refractivity contribution in [2.75, 3.05) is 6.54 Å². The Morgan fingerprint density at radius 1 is 1.26 bits per heavy atom. The third-order valence-corrected chi connectivity index (χ3v) is 5.08. The van der Waals surface area contributed by atoms with Gasteiger partial charge in [0, 0.05) is 17.7 Å². The van der Waals surface area contributed by atoms with Gasteiger partial charge < -0.3 is 16.4 Å². The Hall–Kier alpha value is -2.74. The van der Waals surface area contributed by atoms with Gasteiger partial charge in [0.1, 0.15) is 11.9 Å². The number of rotatable bonds is 6. The zero-order chi connectivity index (χ0) is 20.1. The molecule has 0 saturated carbocycles. The number of hydrogen-bond acceptors (Lipinski definition) is 5. The summed E-state index contributed by atoms with van der Waals surface area (Å²) >= 11 is 0. The van der Waals surface area contributed by atoms with E-state index in [0.717, 1.165) is 6.42 Å². The summed E-state index contributed by atoms with van der Waals surface area (Å²) in [7, 11) is 0. The minimum Gasteiger partial charge on any atom is -0.384 e. The van der Waals surface area contributed by atoms with Gasteiger partial charge >= 0.3 is 0 Å². The molecule has 146 valence electrons. The molecule has 1 saturated heterocycles. The molecule has 1 aromatic rings. The van der Waals surface area contributed by atoms with Crippen LogP contribution in [-0.2, 0) is 9.59 Å². The van der Waals surface area contributed by atoms with Crippen molar-refractivity contribution in [3.05, 3.63) is 35.4 Å². The van der Waals surface area contributed by atoms with Crippen LogP contribution in [0, 0.1) is 11.3 Å².